The van der Waals surface area contributed by atoms with Gasteiger partial charge in [0.1, 0.15) is 11.5 Å². The molecule has 0 saturated carbocycles. The second-order valence-corrected chi connectivity index (χ2v) is 8.38. The molecule has 0 bridgehead atoms. The standard InChI is InChI=1S/C28H21ClN2O2/c1-17-11-12-19(15-18(17)2)30-28(32)22-16-25(31-24-10-6-4-7-20(22)24)27-14-13-26(33-27)21-8-3-5-9-23(21)29/h3-16H,1-2H3,(H,30,32). The largest absolute Gasteiger partial charge is 0.454 e. The molecule has 0 fully saturated rings. The number of hydrogen-bond acceptors (Lipinski definition) is 3. The van der Waals surface area contributed by atoms with Crippen LogP contribution >= 0.6 is 11.6 Å². The maximum absolute atomic E-state index is 13.3. The van der Waals surface area contributed by atoms with Crippen LogP contribution in [0.3, 0.4) is 0 Å². The summed E-state index contributed by atoms with van der Waals surface area (Å²) in [6, 6.07) is 26.5. The van der Waals surface area contributed by atoms with E-state index in [9.17, 15) is 4.79 Å². The Hall–Kier alpha value is -3.89. The lowest BCUT2D eigenvalue weighted by Gasteiger charge is -2.11. The normalized spacial score (nSPS) is 11.0. The molecule has 2 aromatic heterocycles. The molecule has 0 aliphatic rings. The Bertz CT molecular complexity index is 1500. The van der Waals surface area contributed by atoms with Crippen molar-refractivity contribution in [1.82, 2.24) is 4.98 Å². The van der Waals surface area contributed by atoms with Crippen molar-refractivity contribution in [2.75, 3.05) is 5.32 Å². The van der Waals surface area contributed by atoms with Crippen molar-refractivity contribution in [3.8, 4) is 22.8 Å². The zero-order valence-electron chi connectivity index (χ0n) is 18.2. The smallest absolute Gasteiger partial charge is 0.256 e. The third-order valence-corrected chi connectivity index (χ3v) is 6.05. The Kier molecular flexibility index (Phi) is 5.45. The summed E-state index contributed by atoms with van der Waals surface area (Å²) in [5, 5.41) is 4.41. The average Bonchev–Trinajstić information content (AvgIpc) is 3.31. The van der Waals surface area contributed by atoms with Gasteiger partial charge in [-0.1, -0.05) is 48.0 Å². The molecular weight excluding hydrogens is 432 g/mol. The van der Waals surface area contributed by atoms with E-state index in [0.717, 1.165) is 27.7 Å². The van der Waals surface area contributed by atoms with Crippen LogP contribution in [0.2, 0.25) is 5.02 Å². The molecule has 33 heavy (non-hydrogen) atoms. The minimum Gasteiger partial charge on any atom is -0.454 e. The molecule has 162 valence electrons. The first-order valence-electron chi connectivity index (χ1n) is 10.6. The summed E-state index contributed by atoms with van der Waals surface area (Å²) in [5.41, 5.74) is 5.69. The van der Waals surface area contributed by atoms with E-state index < -0.39 is 0 Å². The number of carbonyl (C=O) groups excluding carboxylic acids is 1. The second kappa shape index (κ2) is 8.57. The summed E-state index contributed by atoms with van der Waals surface area (Å²) >= 11 is 6.33. The minimum absolute atomic E-state index is 0.198. The third kappa shape index (κ3) is 4.13. The molecule has 1 N–H and O–H groups in total. The van der Waals surface area contributed by atoms with Crippen LogP contribution in [0.5, 0.6) is 0 Å². The monoisotopic (exact) mass is 452 g/mol. The van der Waals surface area contributed by atoms with Crippen molar-refractivity contribution < 1.29 is 9.21 Å². The molecule has 1 amide bonds. The fraction of sp³-hybridized carbons (Fsp3) is 0.0714. The minimum atomic E-state index is -0.198. The quantitative estimate of drug-likeness (QED) is 0.304. The van der Waals surface area contributed by atoms with Gasteiger partial charge in [0.05, 0.1) is 16.1 Å². The van der Waals surface area contributed by atoms with Gasteiger partial charge in [-0.25, -0.2) is 4.98 Å². The van der Waals surface area contributed by atoms with Crippen LogP contribution in [0, 0.1) is 13.8 Å². The summed E-state index contributed by atoms with van der Waals surface area (Å²) in [6.07, 6.45) is 0. The van der Waals surface area contributed by atoms with E-state index in [1.807, 2.05) is 92.7 Å². The van der Waals surface area contributed by atoms with Crippen LogP contribution in [-0.2, 0) is 0 Å². The van der Waals surface area contributed by atoms with E-state index in [1.165, 1.54) is 5.56 Å². The van der Waals surface area contributed by atoms with Gasteiger partial charge in [0.2, 0.25) is 0 Å². The number of benzene rings is 3. The number of anilines is 1. The van der Waals surface area contributed by atoms with Crippen LogP contribution in [0.15, 0.2) is 89.3 Å². The lowest BCUT2D eigenvalue weighted by molar-refractivity contribution is 0.102. The number of fused-ring (bicyclic) bond motifs is 1. The maximum Gasteiger partial charge on any atom is 0.256 e. The highest BCUT2D eigenvalue weighted by molar-refractivity contribution is 6.33. The van der Waals surface area contributed by atoms with Crippen LogP contribution < -0.4 is 5.32 Å². The van der Waals surface area contributed by atoms with Gasteiger partial charge in [-0.15, -0.1) is 0 Å². The number of pyridine rings is 1. The molecule has 5 rings (SSSR count). The molecule has 0 atom stereocenters. The summed E-state index contributed by atoms with van der Waals surface area (Å²) in [5.74, 6) is 1.01. The number of aromatic nitrogens is 1. The third-order valence-electron chi connectivity index (χ3n) is 5.72. The number of halogens is 1. The van der Waals surface area contributed by atoms with Crippen LogP contribution in [-0.4, -0.2) is 10.9 Å². The van der Waals surface area contributed by atoms with Gasteiger partial charge in [-0.3, -0.25) is 4.79 Å². The van der Waals surface area contributed by atoms with E-state index in [-0.39, 0.29) is 5.91 Å². The van der Waals surface area contributed by atoms with Gasteiger partial charge in [0.15, 0.2) is 5.76 Å². The Balaban J connectivity index is 1.56. The van der Waals surface area contributed by atoms with Gasteiger partial charge in [-0.05, 0) is 73.5 Å². The maximum atomic E-state index is 13.3. The van der Waals surface area contributed by atoms with Crippen molar-refractivity contribution in [3.05, 3.63) is 107 Å². The Morgan fingerprint density at radius 2 is 1.61 bits per heavy atom. The molecule has 5 aromatic rings. The molecule has 0 unspecified atom stereocenters. The van der Waals surface area contributed by atoms with Crippen LogP contribution in [0.1, 0.15) is 21.5 Å². The molecule has 3 aromatic carbocycles. The van der Waals surface area contributed by atoms with Crippen molar-refractivity contribution in [2.24, 2.45) is 0 Å². The second-order valence-electron chi connectivity index (χ2n) is 7.97. The predicted molar refractivity (Wildman–Crippen MR) is 134 cm³/mol. The number of aryl methyl sites for hydroxylation is 2. The van der Waals surface area contributed by atoms with Crippen LogP contribution in [0.25, 0.3) is 33.7 Å². The SMILES string of the molecule is Cc1ccc(NC(=O)c2cc(-c3ccc(-c4ccccc4Cl)o3)nc3ccccc23)cc1C. The van der Waals surface area contributed by atoms with Gasteiger partial charge >= 0.3 is 0 Å². The zero-order valence-corrected chi connectivity index (χ0v) is 19.0. The lowest BCUT2D eigenvalue weighted by atomic mass is 10.1. The van der Waals surface area contributed by atoms with E-state index in [0.29, 0.717) is 27.8 Å². The van der Waals surface area contributed by atoms with Crippen molar-refractivity contribution in [1.29, 1.82) is 0 Å². The summed E-state index contributed by atoms with van der Waals surface area (Å²) in [7, 11) is 0. The topological polar surface area (TPSA) is 55.1 Å². The van der Waals surface area contributed by atoms with E-state index in [2.05, 4.69) is 5.32 Å². The van der Waals surface area contributed by atoms with E-state index in [1.54, 1.807) is 6.07 Å². The Labute approximate surface area is 196 Å². The number of carbonyl (C=O) groups is 1. The van der Waals surface area contributed by atoms with Crippen molar-refractivity contribution in [2.45, 2.75) is 13.8 Å². The zero-order chi connectivity index (χ0) is 22.9. The van der Waals surface area contributed by atoms with Gasteiger partial charge in [0.25, 0.3) is 5.91 Å². The molecule has 4 nitrogen and oxygen atoms in total. The van der Waals surface area contributed by atoms with Gasteiger partial charge in [0, 0.05) is 16.6 Å². The van der Waals surface area contributed by atoms with E-state index in [4.69, 9.17) is 21.0 Å². The molecule has 5 heteroatoms. The molecule has 2 heterocycles. The number of para-hydroxylation sites is 1. The molecular formula is C28H21ClN2O2. The Morgan fingerprint density at radius 3 is 2.42 bits per heavy atom. The summed E-state index contributed by atoms with van der Waals surface area (Å²) in [4.78, 5) is 18.0. The fourth-order valence-electron chi connectivity index (χ4n) is 3.79. The van der Waals surface area contributed by atoms with Crippen molar-refractivity contribution in [3.63, 3.8) is 0 Å². The number of hydrogen-bond donors (Lipinski definition) is 1. The highest BCUT2D eigenvalue weighted by atomic mass is 35.5. The highest BCUT2D eigenvalue weighted by Crippen LogP contribution is 2.33. The fourth-order valence-corrected chi connectivity index (χ4v) is 4.02. The molecule has 0 radical (unpaired) electrons. The molecule has 0 aliphatic heterocycles. The lowest BCUT2D eigenvalue weighted by Crippen LogP contribution is -2.13. The number of nitrogens with zero attached hydrogens (tertiary/aromatic N) is 1. The Morgan fingerprint density at radius 1 is 0.848 bits per heavy atom. The van der Waals surface area contributed by atoms with Crippen molar-refractivity contribution >= 4 is 34.1 Å². The number of nitrogens with one attached hydrogen (secondary N) is 1. The predicted octanol–water partition coefficient (Wildman–Crippen LogP) is 7.68. The van der Waals surface area contributed by atoms with Crippen LogP contribution in [0.4, 0.5) is 5.69 Å². The molecule has 0 saturated heterocycles. The summed E-state index contributed by atoms with van der Waals surface area (Å²) in [6.45, 7) is 4.07. The first kappa shape index (κ1) is 21.0. The van der Waals surface area contributed by atoms with Gasteiger partial charge < -0.3 is 9.73 Å². The number of rotatable bonds is 4. The summed E-state index contributed by atoms with van der Waals surface area (Å²) < 4.78 is 6.09. The first-order valence-corrected chi connectivity index (χ1v) is 11.0. The molecule has 0 aliphatic carbocycles. The van der Waals surface area contributed by atoms with Gasteiger partial charge in [-0.2, -0.15) is 0 Å². The number of furan rings is 1. The first-order chi connectivity index (χ1) is 16.0. The average molecular weight is 453 g/mol. The van der Waals surface area contributed by atoms with E-state index >= 15 is 0 Å². The molecule has 0 spiro atoms. The highest BCUT2D eigenvalue weighted by Gasteiger charge is 2.17. The number of amides is 1.